The highest BCUT2D eigenvalue weighted by Crippen LogP contribution is 2.45. The lowest BCUT2D eigenvalue weighted by molar-refractivity contribution is 0.439. The average molecular weight is 317 g/mol. The lowest BCUT2D eigenvalue weighted by Gasteiger charge is -2.24. The molecule has 0 spiro atoms. The molecule has 2 aromatic rings. The number of nitrogens with zero attached hydrogens (tertiary/aromatic N) is 1. The Kier molecular flexibility index (Phi) is 2.76. The second-order valence-corrected chi connectivity index (χ2v) is 6.77. The summed E-state index contributed by atoms with van der Waals surface area (Å²) >= 11 is 3.62. The van der Waals surface area contributed by atoms with Gasteiger partial charge in [0, 0.05) is 27.5 Å². The van der Waals surface area contributed by atoms with Gasteiger partial charge in [-0.15, -0.1) is 0 Å². The van der Waals surface area contributed by atoms with Crippen molar-refractivity contribution in [1.82, 2.24) is 4.98 Å². The standard InChI is InChI=1S/C16H17BrN2/c17-14-3-1-2-13-12(14)6-7-18-16(13)19-15-9-10-4-5-11(15)8-10/h1-3,6-7,10-11,15H,4-5,8-9H2,(H,18,19). The van der Waals surface area contributed by atoms with Gasteiger partial charge >= 0.3 is 0 Å². The van der Waals surface area contributed by atoms with E-state index in [0.29, 0.717) is 6.04 Å². The van der Waals surface area contributed by atoms with E-state index in [1.54, 1.807) is 0 Å². The Balaban J connectivity index is 1.70. The maximum absolute atomic E-state index is 4.56. The van der Waals surface area contributed by atoms with Gasteiger partial charge in [-0.25, -0.2) is 4.98 Å². The van der Waals surface area contributed by atoms with Gasteiger partial charge in [0.05, 0.1) is 0 Å². The number of rotatable bonds is 2. The third-order valence-corrected chi connectivity index (χ3v) is 5.50. The molecule has 0 amide bonds. The zero-order valence-electron chi connectivity index (χ0n) is 10.8. The summed E-state index contributed by atoms with van der Waals surface area (Å²) in [7, 11) is 0. The summed E-state index contributed by atoms with van der Waals surface area (Å²) < 4.78 is 1.14. The van der Waals surface area contributed by atoms with E-state index in [-0.39, 0.29) is 0 Å². The first-order chi connectivity index (χ1) is 9.31. The van der Waals surface area contributed by atoms with Crippen molar-refractivity contribution in [2.75, 3.05) is 5.32 Å². The van der Waals surface area contributed by atoms with Gasteiger partial charge in [0.1, 0.15) is 5.82 Å². The smallest absolute Gasteiger partial charge is 0.134 e. The van der Waals surface area contributed by atoms with E-state index in [0.717, 1.165) is 22.1 Å². The van der Waals surface area contributed by atoms with Crippen LogP contribution in [0.5, 0.6) is 0 Å². The molecule has 0 saturated heterocycles. The zero-order valence-corrected chi connectivity index (χ0v) is 12.4. The van der Waals surface area contributed by atoms with Gasteiger partial charge in [0.15, 0.2) is 0 Å². The number of pyridine rings is 1. The number of nitrogens with one attached hydrogen (secondary N) is 1. The molecule has 1 N–H and O–H groups in total. The van der Waals surface area contributed by atoms with Crippen LogP contribution >= 0.6 is 15.9 Å². The summed E-state index contributed by atoms with van der Waals surface area (Å²) in [5, 5.41) is 6.17. The molecule has 3 atom stereocenters. The molecule has 2 bridgehead atoms. The minimum atomic E-state index is 0.635. The number of halogens is 1. The Hall–Kier alpha value is -1.09. The first-order valence-corrected chi connectivity index (χ1v) is 7.90. The van der Waals surface area contributed by atoms with Crippen LogP contribution in [0.2, 0.25) is 0 Å². The van der Waals surface area contributed by atoms with E-state index < -0.39 is 0 Å². The second-order valence-electron chi connectivity index (χ2n) is 5.92. The third kappa shape index (κ3) is 1.95. The molecule has 1 aromatic carbocycles. The number of fused-ring (bicyclic) bond motifs is 3. The maximum Gasteiger partial charge on any atom is 0.134 e. The van der Waals surface area contributed by atoms with Crippen LogP contribution < -0.4 is 5.32 Å². The molecular weight excluding hydrogens is 300 g/mol. The number of hydrogen-bond donors (Lipinski definition) is 1. The Labute approximate surface area is 121 Å². The van der Waals surface area contributed by atoms with E-state index >= 15 is 0 Å². The minimum absolute atomic E-state index is 0.635. The summed E-state index contributed by atoms with van der Waals surface area (Å²) in [4.78, 5) is 4.56. The first-order valence-electron chi connectivity index (χ1n) is 7.11. The first kappa shape index (κ1) is 11.7. The summed E-state index contributed by atoms with van der Waals surface area (Å²) in [5.74, 6) is 2.88. The number of hydrogen-bond acceptors (Lipinski definition) is 2. The highest BCUT2D eigenvalue weighted by Gasteiger charge is 2.39. The molecule has 2 nitrogen and oxygen atoms in total. The van der Waals surface area contributed by atoms with Crippen molar-refractivity contribution < 1.29 is 0 Å². The fourth-order valence-electron chi connectivity index (χ4n) is 3.88. The minimum Gasteiger partial charge on any atom is -0.367 e. The average Bonchev–Trinajstić information content (AvgIpc) is 3.02. The molecule has 3 unspecified atom stereocenters. The lowest BCUT2D eigenvalue weighted by Crippen LogP contribution is -2.26. The van der Waals surface area contributed by atoms with Gasteiger partial charge in [-0.05, 0) is 43.2 Å². The molecule has 1 heterocycles. The van der Waals surface area contributed by atoms with E-state index in [2.05, 4.69) is 50.5 Å². The third-order valence-electron chi connectivity index (χ3n) is 4.81. The molecule has 2 saturated carbocycles. The van der Waals surface area contributed by atoms with E-state index in [9.17, 15) is 0 Å². The van der Waals surface area contributed by atoms with Crippen LogP contribution in [0.25, 0.3) is 10.8 Å². The van der Waals surface area contributed by atoms with Crippen molar-refractivity contribution in [3.63, 3.8) is 0 Å². The SMILES string of the molecule is Brc1cccc2c(NC3CC4CCC3C4)nccc12. The number of benzene rings is 1. The summed E-state index contributed by atoms with van der Waals surface area (Å²) in [5.41, 5.74) is 0. The van der Waals surface area contributed by atoms with E-state index in [4.69, 9.17) is 0 Å². The van der Waals surface area contributed by atoms with Crippen molar-refractivity contribution in [3.05, 3.63) is 34.9 Å². The fraction of sp³-hybridized carbons (Fsp3) is 0.438. The largest absolute Gasteiger partial charge is 0.367 e. The van der Waals surface area contributed by atoms with Crippen LogP contribution in [0.1, 0.15) is 25.7 Å². The van der Waals surface area contributed by atoms with Crippen molar-refractivity contribution in [3.8, 4) is 0 Å². The van der Waals surface area contributed by atoms with Gasteiger partial charge in [-0.2, -0.15) is 0 Å². The Morgan fingerprint density at radius 1 is 1.11 bits per heavy atom. The Morgan fingerprint density at radius 2 is 2.05 bits per heavy atom. The van der Waals surface area contributed by atoms with Crippen LogP contribution in [-0.4, -0.2) is 11.0 Å². The van der Waals surface area contributed by atoms with Gasteiger partial charge in [0.25, 0.3) is 0 Å². The molecule has 2 aliphatic carbocycles. The van der Waals surface area contributed by atoms with E-state index in [1.807, 2.05) is 6.20 Å². The van der Waals surface area contributed by atoms with Crippen molar-refractivity contribution >= 4 is 32.5 Å². The molecular formula is C16H17BrN2. The van der Waals surface area contributed by atoms with Gasteiger partial charge in [-0.1, -0.05) is 34.5 Å². The van der Waals surface area contributed by atoms with Crippen LogP contribution in [0.4, 0.5) is 5.82 Å². The zero-order chi connectivity index (χ0) is 12.8. The predicted molar refractivity (Wildman–Crippen MR) is 82.3 cm³/mol. The lowest BCUT2D eigenvalue weighted by atomic mass is 9.95. The van der Waals surface area contributed by atoms with E-state index in [1.165, 1.54) is 36.5 Å². The van der Waals surface area contributed by atoms with Crippen molar-refractivity contribution in [2.24, 2.45) is 11.8 Å². The highest BCUT2D eigenvalue weighted by atomic mass is 79.9. The van der Waals surface area contributed by atoms with Gasteiger partial charge in [0.2, 0.25) is 0 Å². The van der Waals surface area contributed by atoms with Gasteiger partial charge in [-0.3, -0.25) is 0 Å². The molecule has 98 valence electrons. The van der Waals surface area contributed by atoms with Crippen LogP contribution in [0.15, 0.2) is 34.9 Å². The summed E-state index contributed by atoms with van der Waals surface area (Å²) in [6.45, 7) is 0. The van der Waals surface area contributed by atoms with Crippen molar-refractivity contribution in [2.45, 2.75) is 31.7 Å². The maximum atomic E-state index is 4.56. The monoisotopic (exact) mass is 316 g/mol. The molecule has 3 heteroatoms. The molecule has 2 fully saturated rings. The highest BCUT2D eigenvalue weighted by molar-refractivity contribution is 9.10. The fourth-order valence-corrected chi connectivity index (χ4v) is 4.38. The second kappa shape index (κ2) is 4.48. The molecule has 1 aromatic heterocycles. The van der Waals surface area contributed by atoms with Crippen molar-refractivity contribution in [1.29, 1.82) is 0 Å². The topological polar surface area (TPSA) is 24.9 Å². The molecule has 4 rings (SSSR count). The Morgan fingerprint density at radius 3 is 2.84 bits per heavy atom. The summed E-state index contributed by atoms with van der Waals surface area (Å²) in [6.07, 6.45) is 7.50. The molecule has 2 aliphatic rings. The summed E-state index contributed by atoms with van der Waals surface area (Å²) in [6, 6.07) is 9.04. The van der Waals surface area contributed by atoms with Crippen LogP contribution in [0, 0.1) is 11.8 Å². The number of aromatic nitrogens is 1. The normalized spacial score (nSPS) is 29.0. The predicted octanol–water partition coefficient (Wildman–Crippen LogP) is 4.60. The molecule has 0 aliphatic heterocycles. The quantitative estimate of drug-likeness (QED) is 0.876. The van der Waals surface area contributed by atoms with Crippen LogP contribution in [-0.2, 0) is 0 Å². The van der Waals surface area contributed by atoms with Gasteiger partial charge < -0.3 is 5.32 Å². The molecule has 19 heavy (non-hydrogen) atoms. The van der Waals surface area contributed by atoms with Crippen LogP contribution in [0.3, 0.4) is 0 Å². The number of anilines is 1. The Bertz CT molecular complexity index is 625. The molecule has 0 radical (unpaired) electrons.